The highest BCUT2D eigenvalue weighted by Gasteiger charge is 1.96. The lowest BCUT2D eigenvalue weighted by Crippen LogP contribution is -2.08. The number of hydrogen-bond acceptors (Lipinski definition) is 2. The van der Waals surface area contributed by atoms with Gasteiger partial charge in [-0.1, -0.05) is 51.9 Å². The number of nitrogens with one attached hydrogen (secondary N) is 1. The highest BCUT2D eigenvalue weighted by molar-refractivity contribution is 5.54. The van der Waals surface area contributed by atoms with E-state index in [0.717, 1.165) is 6.54 Å². The maximum atomic E-state index is 3.50. The number of nitrogens with zero attached hydrogens (tertiary/aromatic N) is 1. The third-order valence-electron chi connectivity index (χ3n) is 3.74. The van der Waals surface area contributed by atoms with Crippen LogP contribution in [0.5, 0.6) is 0 Å². The molecule has 0 bridgehead atoms. The number of unbranched alkanes of at least 4 members (excludes halogenated alkanes) is 7. The van der Waals surface area contributed by atoms with Crippen molar-refractivity contribution in [3.05, 3.63) is 24.3 Å². The lowest BCUT2D eigenvalue weighted by Gasteiger charge is -2.13. The van der Waals surface area contributed by atoms with Crippen molar-refractivity contribution in [2.75, 3.05) is 30.9 Å². The first-order valence-electron chi connectivity index (χ1n) is 8.25. The van der Waals surface area contributed by atoms with Crippen molar-refractivity contribution < 1.29 is 0 Å². The molecule has 1 rings (SSSR count). The molecule has 1 N–H and O–H groups in total. The molecule has 114 valence electrons. The Balaban J connectivity index is 2.01. The maximum Gasteiger partial charge on any atom is 0.0362 e. The standard InChI is InChI=1S/C18H32N2/c1-4-5-6-7-8-9-10-11-16-19-17-12-14-18(15-13-17)20(2)3/h12-15,19H,4-11,16H2,1-3H3. The summed E-state index contributed by atoms with van der Waals surface area (Å²) in [6.07, 6.45) is 11.0. The Hall–Kier alpha value is -1.18. The van der Waals surface area contributed by atoms with Crippen molar-refractivity contribution in [3.63, 3.8) is 0 Å². The first kappa shape index (κ1) is 16.9. The van der Waals surface area contributed by atoms with Gasteiger partial charge in [-0.15, -0.1) is 0 Å². The summed E-state index contributed by atoms with van der Waals surface area (Å²) >= 11 is 0. The van der Waals surface area contributed by atoms with Crippen LogP contribution in [0, 0.1) is 0 Å². The van der Waals surface area contributed by atoms with Gasteiger partial charge in [0.25, 0.3) is 0 Å². The van der Waals surface area contributed by atoms with Gasteiger partial charge < -0.3 is 10.2 Å². The Kier molecular flexibility index (Phi) is 8.93. The monoisotopic (exact) mass is 276 g/mol. The fourth-order valence-electron chi connectivity index (χ4n) is 2.37. The predicted molar refractivity (Wildman–Crippen MR) is 91.9 cm³/mol. The fourth-order valence-corrected chi connectivity index (χ4v) is 2.37. The Morgan fingerprint density at radius 3 is 1.90 bits per heavy atom. The number of benzene rings is 1. The highest BCUT2D eigenvalue weighted by atomic mass is 15.1. The Bertz CT molecular complexity index is 330. The predicted octanol–water partition coefficient (Wildman–Crippen LogP) is 5.31. The molecule has 0 aromatic heterocycles. The van der Waals surface area contributed by atoms with Crippen LogP contribution in [0.25, 0.3) is 0 Å². The van der Waals surface area contributed by atoms with E-state index in [1.807, 2.05) is 0 Å². The van der Waals surface area contributed by atoms with Crippen LogP contribution in [-0.2, 0) is 0 Å². The lowest BCUT2D eigenvalue weighted by atomic mass is 10.1. The molecule has 0 unspecified atom stereocenters. The summed E-state index contributed by atoms with van der Waals surface area (Å²) in [5, 5.41) is 3.50. The van der Waals surface area contributed by atoms with Crippen molar-refractivity contribution in [3.8, 4) is 0 Å². The zero-order chi connectivity index (χ0) is 14.6. The Morgan fingerprint density at radius 2 is 1.35 bits per heavy atom. The third kappa shape index (κ3) is 7.42. The van der Waals surface area contributed by atoms with Crippen LogP contribution in [0.4, 0.5) is 11.4 Å². The molecule has 0 saturated carbocycles. The average Bonchev–Trinajstić information content (AvgIpc) is 2.46. The first-order chi connectivity index (χ1) is 9.74. The van der Waals surface area contributed by atoms with E-state index in [0.29, 0.717) is 0 Å². The van der Waals surface area contributed by atoms with Crippen LogP contribution in [0.2, 0.25) is 0 Å². The van der Waals surface area contributed by atoms with E-state index >= 15 is 0 Å². The molecule has 0 aliphatic heterocycles. The molecular weight excluding hydrogens is 244 g/mol. The van der Waals surface area contributed by atoms with Crippen LogP contribution >= 0.6 is 0 Å². The van der Waals surface area contributed by atoms with Crippen molar-refractivity contribution in [2.24, 2.45) is 0 Å². The van der Waals surface area contributed by atoms with E-state index in [4.69, 9.17) is 0 Å². The second-order valence-corrected chi connectivity index (χ2v) is 5.84. The number of hydrogen-bond donors (Lipinski definition) is 1. The third-order valence-corrected chi connectivity index (χ3v) is 3.74. The largest absolute Gasteiger partial charge is 0.385 e. The molecule has 0 radical (unpaired) electrons. The van der Waals surface area contributed by atoms with Gasteiger partial charge in [-0.05, 0) is 30.7 Å². The van der Waals surface area contributed by atoms with Crippen molar-refractivity contribution in [1.82, 2.24) is 0 Å². The molecule has 2 nitrogen and oxygen atoms in total. The molecule has 0 heterocycles. The second-order valence-electron chi connectivity index (χ2n) is 5.84. The van der Waals surface area contributed by atoms with Crippen molar-refractivity contribution in [1.29, 1.82) is 0 Å². The van der Waals surface area contributed by atoms with Gasteiger partial charge in [-0.2, -0.15) is 0 Å². The minimum absolute atomic E-state index is 1.09. The summed E-state index contributed by atoms with van der Waals surface area (Å²) in [5.74, 6) is 0. The van der Waals surface area contributed by atoms with Crippen LogP contribution in [0.3, 0.4) is 0 Å². The van der Waals surface area contributed by atoms with Crippen LogP contribution < -0.4 is 10.2 Å². The van der Waals surface area contributed by atoms with Gasteiger partial charge in [-0.3, -0.25) is 0 Å². The van der Waals surface area contributed by atoms with E-state index in [2.05, 4.69) is 55.5 Å². The average molecular weight is 276 g/mol. The molecule has 0 aliphatic carbocycles. The van der Waals surface area contributed by atoms with Crippen LogP contribution in [0.1, 0.15) is 58.3 Å². The quantitative estimate of drug-likeness (QED) is 0.551. The number of rotatable bonds is 11. The van der Waals surface area contributed by atoms with E-state index in [-0.39, 0.29) is 0 Å². The molecule has 1 aromatic rings. The molecular formula is C18H32N2. The van der Waals surface area contributed by atoms with Gasteiger partial charge in [0.05, 0.1) is 0 Å². The molecule has 0 amide bonds. The fraction of sp³-hybridized carbons (Fsp3) is 0.667. The SMILES string of the molecule is CCCCCCCCCCNc1ccc(N(C)C)cc1. The molecule has 1 aromatic carbocycles. The molecule has 0 spiro atoms. The van der Waals surface area contributed by atoms with E-state index in [1.165, 1.54) is 62.7 Å². The summed E-state index contributed by atoms with van der Waals surface area (Å²) in [6, 6.07) is 8.66. The molecule has 0 saturated heterocycles. The van der Waals surface area contributed by atoms with E-state index < -0.39 is 0 Å². The van der Waals surface area contributed by atoms with Gasteiger partial charge in [0.1, 0.15) is 0 Å². The summed E-state index contributed by atoms with van der Waals surface area (Å²) in [4.78, 5) is 2.13. The Morgan fingerprint density at radius 1 is 0.800 bits per heavy atom. The Labute approximate surface area is 125 Å². The van der Waals surface area contributed by atoms with Gasteiger partial charge in [0.2, 0.25) is 0 Å². The molecule has 0 fully saturated rings. The first-order valence-corrected chi connectivity index (χ1v) is 8.25. The minimum atomic E-state index is 1.09. The second kappa shape index (κ2) is 10.6. The highest BCUT2D eigenvalue weighted by Crippen LogP contribution is 2.16. The zero-order valence-corrected chi connectivity index (χ0v) is 13.6. The normalized spacial score (nSPS) is 10.6. The van der Waals surface area contributed by atoms with E-state index in [1.54, 1.807) is 0 Å². The van der Waals surface area contributed by atoms with Crippen LogP contribution in [-0.4, -0.2) is 20.6 Å². The van der Waals surface area contributed by atoms with Gasteiger partial charge >= 0.3 is 0 Å². The molecule has 20 heavy (non-hydrogen) atoms. The summed E-state index contributed by atoms with van der Waals surface area (Å²) < 4.78 is 0. The van der Waals surface area contributed by atoms with Gasteiger partial charge in [-0.25, -0.2) is 0 Å². The van der Waals surface area contributed by atoms with Gasteiger partial charge in [0, 0.05) is 32.0 Å². The van der Waals surface area contributed by atoms with Crippen molar-refractivity contribution >= 4 is 11.4 Å². The lowest BCUT2D eigenvalue weighted by molar-refractivity contribution is 0.581. The van der Waals surface area contributed by atoms with Crippen molar-refractivity contribution in [2.45, 2.75) is 58.3 Å². The molecule has 2 heteroatoms. The molecule has 0 aliphatic rings. The topological polar surface area (TPSA) is 15.3 Å². The summed E-state index contributed by atoms with van der Waals surface area (Å²) in [6.45, 7) is 3.37. The van der Waals surface area contributed by atoms with Crippen LogP contribution in [0.15, 0.2) is 24.3 Å². The molecule has 0 atom stereocenters. The zero-order valence-electron chi connectivity index (χ0n) is 13.6. The minimum Gasteiger partial charge on any atom is -0.385 e. The maximum absolute atomic E-state index is 3.50. The summed E-state index contributed by atoms with van der Waals surface area (Å²) in [7, 11) is 4.14. The van der Waals surface area contributed by atoms with Gasteiger partial charge in [0.15, 0.2) is 0 Å². The summed E-state index contributed by atoms with van der Waals surface area (Å²) in [5.41, 5.74) is 2.49. The van der Waals surface area contributed by atoms with E-state index in [9.17, 15) is 0 Å². The smallest absolute Gasteiger partial charge is 0.0362 e. The number of anilines is 2.